The van der Waals surface area contributed by atoms with E-state index in [0.717, 1.165) is 6.54 Å². The minimum absolute atomic E-state index is 0.285. The summed E-state index contributed by atoms with van der Waals surface area (Å²) < 4.78 is 5.90. The molecule has 1 atom stereocenters. The van der Waals surface area contributed by atoms with E-state index in [0.29, 0.717) is 13.2 Å². The molecule has 0 saturated carbocycles. The quantitative estimate of drug-likeness (QED) is 0.737. The summed E-state index contributed by atoms with van der Waals surface area (Å²) in [6.45, 7) is 6.36. The maximum Gasteiger partial charge on any atom is 0.0778 e. The molecular formula is C18H19NO. The zero-order chi connectivity index (χ0) is 13.8. The van der Waals surface area contributed by atoms with Crippen molar-refractivity contribution in [1.29, 1.82) is 0 Å². The molecule has 3 rings (SSSR count). The van der Waals surface area contributed by atoms with Crippen molar-refractivity contribution in [2.24, 2.45) is 0 Å². The average Bonchev–Trinajstić information content (AvgIpc) is 3.22. The predicted octanol–water partition coefficient (Wildman–Crippen LogP) is 3.77. The summed E-state index contributed by atoms with van der Waals surface area (Å²) in [5, 5.41) is 0. The first-order valence-electron chi connectivity index (χ1n) is 6.95. The Bertz CT molecular complexity index is 564. The Hall–Kier alpha value is -2.06. The van der Waals surface area contributed by atoms with Crippen LogP contribution >= 0.6 is 0 Å². The van der Waals surface area contributed by atoms with Crippen LogP contribution in [0.3, 0.4) is 0 Å². The number of benzene rings is 2. The molecule has 0 N–H and O–H groups in total. The first-order chi connectivity index (χ1) is 9.84. The van der Waals surface area contributed by atoms with Crippen molar-refractivity contribution in [3.8, 4) is 0 Å². The highest BCUT2D eigenvalue weighted by Crippen LogP contribution is 2.34. The van der Waals surface area contributed by atoms with E-state index in [-0.39, 0.29) is 6.04 Å². The van der Waals surface area contributed by atoms with Crippen LogP contribution in [0.1, 0.15) is 17.2 Å². The van der Waals surface area contributed by atoms with Gasteiger partial charge in [-0.3, -0.25) is 0 Å². The fourth-order valence-electron chi connectivity index (χ4n) is 2.40. The lowest BCUT2D eigenvalue weighted by Gasteiger charge is -2.19. The Kier molecular flexibility index (Phi) is 3.84. The van der Waals surface area contributed by atoms with Gasteiger partial charge in [-0.1, -0.05) is 67.2 Å². The van der Waals surface area contributed by atoms with Gasteiger partial charge in [0.15, 0.2) is 0 Å². The van der Waals surface area contributed by atoms with Crippen LogP contribution < -0.4 is 0 Å². The lowest BCUT2D eigenvalue weighted by molar-refractivity contribution is 0.0850. The van der Waals surface area contributed by atoms with Crippen LogP contribution in [0, 0.1) is 0 Å². The van der Waals surface area contributed by atoms with E-state index in [2.05, 4.69) is 47.9 Å². The molecule has 1 aliphatic rings. The first-order valence-corrected chi connectivity index (χ1v) is 6.95. The van der Waals surface area contributed by atoms with Gasteiger partial charge in [0.1, 0.15) is 0 Å². The Labute approximate surface area is 120 Å². The summed E-state index contributed by atoms with van der Waals surface area (Å²) in [5.74, 6) is 0. The maximum absolute atomic E-state index is 5.90. The SMILES string of the molecule is C=C1CN1[C@@H](COCc1ccccc1)c1ccccc1. The molecular weight excluding hydrogens is 246 g/mol. The van der Waals surface area contributed by atoms with Gasteiger partial charge in [-0.2, -0.15) is 0 Å². The number of ether oxygens (including phenoxy) is 1. The molecule has 2 nitrogen and oxygen atoms in total. The summed E-state index contributed by atoms with van der Waals surface area (Å²) in [4.78, 5) is 2.29. The fourth-order valence-corrected chi connectivity index (χ4v) is 2.40. The van der Waals surface area contributed by atoms with Crippen molar-refractivity contribution < 1.29 is 4.74 Å². The topological polar surface area (TPSA) is 12.2 Å². The molecule has 2 aromatic rings. The molecule has 1 aliphatic heterocycles. The lowest BCUT2D eigenvalue weighted by Crippen LogP contribution is -2.16. The van der Waals surface area contributed by atoms with Crippen LogP contribution in [0.4, 0.5) is 0 Å². The third kappa shape index (κ3) is 3.09. The number of nitrogens with zero attached hydrogens (tertiary/aromatic N) is 1. The van der Waals surface area contributed by atoms with Crippen molar-refractivity contribution in [3.05, 3.63) is 84.1 Å². The third-order valence-electron chi connectivity index (χ3n) is 3.60. The van der Waals surface area contributed by atoms with Crippen LogP contribution in [0.2, 0.25) is 0 Å². The van der Waals surface area contributed by atoms with Gasteiger partial charge in [-0.05, 0) is 11.1 Å². The number of hydrogen-bond donors (Lipinski definition) is 0. The molecule has 102 valence electrons. The second-order valence-electron chi connectivity index (χ2n) is 5.12. The largest absolute Gasteiger partial charge is 0.374 e. The molecule has 1 saturated heterocycles. The second-order valence-corrected chi connectivity index (χ2v) is 5.12. The first kappa shape index (κ1) is 12.9. The van der Waals surface area contributed by atoms with Gasteiger partial charge >= 0.3 is 0 Å². The molecule has 1 heterocycles. The van der Waals surface area contributed by atoms with Crippen LogP contribution in [0.5, 0.6) is 0 Å². The van der Waals surface area contributed by atoms with Crippen molar-refractivity contribution in [2.75, 3.05) is 13.2 Å². The van der Waals surface area contributed by atoms with Gasteiger partial charge in [-0.25, -0.2) is 0 Å². The van der Waals surface area contributed by atoms with Gasteiger partial charge in [0, 0.05) is 5.70 Å². The molecule has 0 bridgehead atoms. The highest BCUT2D eigenvalue weighted by molar-refractivity contribution is 5.26. The summed E-state index contributed by atoms with van der Waals surface area (Å²) in [6.07, 6.45) is 0. The lowest BCUT2D eigenvalue weighted by atomic mass is 10.1. The Morgan fingerprint density at radius 3 is 2.20 bits per heavy atom. The molecule has 2 aromatic carbocycles. The van der Waals surface area contributed by atoms with E-state index in [1.807, 2.05) is 24.3 Å². The van der Waals surface area contributed by atoms with Gasteiger partial charge in [0.25, 0.3) is 0 Å². The molecule has 0 radical (unpaired) electrons. The summed E-state index contributed by atoms with van der Waals surface area (Å²) in [5.41, 5.74) is 3.70. The Morgan fingerprint density at radius 1 is 1.00 bits per heavy atom. The van der Waals surface area contributed by atoms with E-state index in [4.69, 9.17) is 4.74 Å². The van der Waals surface area contributed by atoms with E-state index >= 15 is 0 Å². The standard InChI is InChI=1S/C18H19NO/c1-15-12-19(15)18(17-10-6-3-7-11-17)14-20-13-16-8-4-2-5-9-16/h2-11,18H,1,12-14H2/t18-,19?/m0/s1. The second kappa shape index (κ2) is 5.93. The molecule has 0 aliphatic carbocycles. The monoisotopic (exact) mass is 265 g/mol. The van der Waals surface area contributed by atoms with E-state index in [1.165, 1.54) is 16.8 Å². The summed E-state index contributed by atoms with van der Waals surface area (Å²) in [6, 6.07) is 21.1. The molecule has 0 aromatic heterocycles. The maximum atomic E-state index is 5.90. The number of hydrogen-bond acceptors (Lipinski definition) is 2. The third-order valence-corrected chi connectivity index (χ3v) is 3.60. The normalized spacial score (nSPS) is 15.2. The predicted molar refractivity (Wildman–Crippen MR) is 81.1 cm³/mol. The molecule has 20 heavy (non-hydrogen) atoms. The Balaban J connectivity index is 1.61. The van der Waals surface area contributed by atoms with Crippen molar-refractivity contribution >= 4 is 0 Å². The average molecular weight is 265 g/mol. The van der Waals surface area contributed by atoms with Crippen LogP contribution in [0.15, 0.2) is 72.9 Å². The minimum Gasteiger partial charge on any atom is -0.374 e. The van der Waals surface area contributed by atoms with E-state index < -0.39 is 0 Å². The van der Waals surface area contributed by atoms with Crippen LogP contribution in [0.25, 0.3) is 0 Å². The zero-order valence-electron chi connectivity index (χ0n) is 11.5. The Morgan fingerprint density at radius 2 is 1.60 bits per heavy atom. The number of rotatable bonds is 6. The van der Waals surface area contributed by atoms with Gasteiger partial charge in [0.05, 0.1) is 25.8 Å². The minimum atomic E-state index is 0.285. The molecule has 0 unspecified atom stereocenters. The molecule has 0 amide bonds. The van der Waals surface area contributed by atoms with E-state index in [9.17, 15) is 0 Å². The van der Waals surface area contributed by atoms with Crippen LogP contribution in [-0.2, 0) is 11.3 Å². The summed E-state index contributed by atoms with van der Waals surface area (Å²) >= 11 is 0. The molecule has 1 fully saturated rings. The van der Waals surface area contributed by atoms with Crippen molar-refractivity contribution in [1.82, 2.24) is 4.90 Å². The van der Waals surface area contributed by atoms with Crippen molar-refractivity contribution in [3.63, 3.8) is 0 Å². The highest BCUT2D eigenvalue weighted by Gasteiger charge is 2.32. The highest BCUT2D eigenvalue weighted by atomic mass is 16.5. The van der Waals surface area contributed by atoms with Crippen molar-refractivity contribution in [2.45, 2.75) is 12.6 Å². The van der Waals surface area contributed by atoms with E-state index in [1.54, 1.807) is 0 Å². The molecule has 0 spiro atoms. The zero-order valence-corrected chi connectivity index (χ0v) is 11.5. The van der Waals surface area contributed by atoms with Gasteiger partial charge in [-0.15, -0.1) is 0 Å². The van der Waals surface area contributed by atoms with Crippen LogP contribution in [-0.4, -0.2) is 18.1 Å². The van der Waals surface area contributed by atoms with Gasteiger partial charge in [0.2, 0.25) is 0 Å². The smallest absolute Gasteiger partial charge is 0.0778 e. The van der Waals surface area contributed by atoms with Gasteiger partial charge < -0.3 is 9.64 Å². The fraction of sp³-hybridized carbons (Fsp3) is 0.222. The summed E-state index contributed by atoms with van der Waals surface area (Å²) in [7, 11) is 0. The molecule has 2 heteroatoms.